The van der Waals surface area contributed by atoms with Crippen molar-refractivity contribution in [2.24, 2.45) is 0 Å². The Morgan fingerprint density at radius 2 is 1.95 bits per heavy atom. The van der Waals surface area contributed by atoms with Crippen LogP contribution in [0.1, 0.15) is 38.2 Å². The Labute approximate surface area is 116 Å². The van der Waals surface area contributed by atoms with Crippen LogP contribution in [0, 0.1) is 11.6 Å². The molecule has 1 aromatic heterocycles. The number of hydrogen-bond donors (Lipinski definition) is 0. The summed E-state index contributed by atoms with van der Waals surface area (Å²) < 4.78 is 32.0. The summed E-state index contributed by atoms with van der Waals surface area (Å²) in [5, 5.41) is 0. The molecule has 0 saturated carbocycles. The molecule has 0 atom stereocenters. The zero-order valence-electron chi connectivity index (χ0n) is 11.7. The molecule has 0 aliphatic carbocycles. The fraction of sp³-hybridized carbons (Fsp3) is 0.333. The highest BCUT2D eigenvalue weighted by atomic mass is 19.1. The summed E-state index contributed by atoms with van der Waals surface area (Å²) in [5.41, 5.74) is 0.709. The first-order chi connectivity index (χ1) is 9.51. The second-order valence-corrected chi connectivity index (χ2v) is 4.72. The Morgan fingerprint density at radius 1 is 1.20 bits per heavy atom. The number of nitrogens with zero attached hydrogens (tertiary/aromatic N) is 2. The van der Waals surface area contributed by atoms with Crippen molar-refractivity contribution in [3.05, 3.63) is 47.5 Å². The molecule has 0 saturated heterocycles. The molecule has 3 nitrogen and oxygen atoms in total. The molecule has 0 amide bonds. The predicted molar refractivity (Wildman–Crippen MR) is 71.9 cm³/mol. The Bertz CT molecular complexity index is 615. The molecule has 106 valence electrons. The monoisotopic (exact) mass is 278 g/mol. The average molecular weight is 278 g/mol. The van der Waals surface area contributed by atoms with E-state index in [1.807, 2.05) is 20.8 Å². The van der Waals surface area contributed by atoms with Gasteiger partial charge in [-0.2, -0.15) is 0 Å². The second-order valence-electron chi connectivity index (χ2n) is 4.72. The fourth-order valence-corrected chi connectivity index (χ4v) is 1.76. The fourth-order valence-electron chi connectivity index (χ4n) is 1.76. The Morgan fingerprint density at radius 3 is 2.55 bits per heavy atom. The largest absolute Gasteiger partial charge is 0.451 e. The van der Waals surface area contributed by atoms with Gasteiger partial charge in [-0.15, -0.1) is 0 Å². The zero-order chi connectivity index (χ0) is 14.7. The van der Waals surface area contributed by atoms with Crippen molar-refractivity contribution in [3.8, 4) is 11.5 Å². The Balaban J connectivity index is 2.37. The van der Waals surface area contributed by atoms with Gasteiger partial charge in [0.25, 0.3) is 0 Å². The summed E-state index contributed by atoms with van der Waals surface area (Å²) >= 11 is 0. The van der Waals surface area contributed by atoms with Crippen LogP contribution in [0.15, 0.2) is 24.4 Å². The molecular weight excluding hydrogens is 262 g/mol. The van der Waals surface area contributed by atoms with Crippen LogP contribution in [0.3, 0.4) is 0 Å². The lowest BCUT2D eigenvalue weighted by Gasteiger charge is -2.13. The van der Waals surface area contributed by atoms with E-state index in [1.165, 1.54) is 12.3 Å². The van der Waals surface area contributed by atoms with Crippen LogP contribution in [0.25, 0.3) is 0 Å². The predicted octanol–water partition coefficient (Wildman–Crippen LogP) is 4.23. The van der Waals surface area contributed by atoms with Crippen molar-refractivity contribution in [1.29, 1.82) is 0 Å². The SMILES string of the molecule is CCc1ncc(Oc2ccc(F)cc2F)c(C(C)C)n1. The third-order valence-electron chi connectivity index (χ3n) is 2.81. The molecule has 0 spiro atoms. The van der Waals surface area contributed by atoms with E-state index < -0.39 is 11.6 Å². The minimum absolute atomic E-state index is 0.0406. The van der Waals surface area contributed by atoms with E-state index in [0.717, 1.165) is 12.1 Å². The molecule has 20 heavy (non-hydrogen) atoms. The molecule has 0 N–H and O–H groups in total. The summed E-state index contributed by atoms with van der Waals surface area (Å²) in [5.74, 6) is -0.220. The number of aryl methyl sites for hydroxylation is 1. The van der Waals surface area contributed by atoms with Gasteiger partial charge in [-0.25, -0.2) is 18.7 Å². The van der Waals surface area contributed by atoms with Gasteiger partial charge in [-0.3, -0.25) is 0 Å². The van der Waals surface area contributed by atoms with Gasteiger partial charge < -0.3 is 4.74 Å². The summed E-state index contributed by atoms with van der Waals surface area (Å²) in [4.78, 5) is 8.55. The number of ether oxygens (including phenoxy) is 1. The maximum absolute atomic E-state index is 13.6. The van der Waals surface area contributed by atoms with Crippen molar-refractivity contribution in [1.82, 2.24) is 9.97 Å². The van der Waals surface area contributed by atoms with Gasteiger partial charge in [-0.1, -0.05) is 20.8 Å². The normalized spacial score (nSPS) is 10.9. The Hall–Kier alpha value is -2.04. The van der Waals surface area contributed by atoms with Crippen molar-refractivity contribution in [3.63, 3.8) is 0 Å². The zero-order valence-corrected chi connectivity index (χ0v) is 11.7. The molecular formula is C15H16F2N2O. The Kier molecular flexibility index (Phi) is 4.27. The van der Waals surface area contributed by atoms with Gasteiger partial charge in [0.2, 0.25) is 0 Å². The smallest absolute Gasteiger partial charge is 0.168 e. The number of halogens is 2. The molecule has 0 radical (unpaired) electrons. The quantitative estimate of drug-likeness (QED) is 0.839. The average Bonchev–Trinajstić information content (AvgIpc) is 2.42. The van der Waals surface area contributed by atoms with E-state index in [1.54, 1.807) is 0 Å². The molecule has 0 aliphatic heterocycles. The van der Waals surface area contributed by atoms with Crippen molar-refractivity contribution in [2.75, 3.05) is 0 Å². The highest BCUT2D eigenvalue weighted by Crippen LogP contribution is 2.30. The first kappa shape index (κ1) is 14.4. The van der Waals surface area contributed by atoms with Gasteiger partial charge >= 0.3 is 0 Å². The van der Waals surface area contributed by atoms with Crippen LogP contribution >= 0.6 is 0 Å². The van der Waals surface area contributed by atoms with Crippen LogP contribution in [-0.2, 0) is 6.42 Å². The standard InChI is InChI=1S/C15H16F2N2O/c1-4-14-18-8-13(15(19-14)9(2)3)20-12-6-5-10(16)7-11(12)17/h5-9H,4H2,1-3H3. The summed E-state index contributed by atoms with van der Waals surface area (Å²) in [6.45, 7) is 5.89. The first-order valence-corrected chi connectivity index (χ1v) is 6.50. The maximum Gasteiger partial charge on any atom is 0.168 e. The molecule has 2 aromatic rings. The third-order valence-corrected chi connectivity index (χ3v) is 2.81. The third kappa shape index (κ3) is 3.10. The van der Waals surface area contributed by atoms with Crippen LogP contribution in [0.5, 0.6) is 11.5 Å². The summed E-state index contributed by atoms with van der Waals surface area (Å²) in [7, 11) is 0. The lowest BCUT2D eigenvalue weighted by molar-refractivity contribution is 0.425. The van der Waals surface area contributed by atoms with Crippen LogP contribution in [0.2, 0.25) is 0 Å². The van der Waals surface area contributed by atoms with Crippen LogP contribution < -0.4 is 4.74 Å². The minimum Gasteiger partial charge on any atom is -0.451 e. The molecule has 5 heteroatoms. The molecule has 0 aliphatic rings. The van der Waals surface area contributed by atoms with Crippen molar-refractivity contribution in [2.45, 2.75) is 33.1 Å². The van der Waals surface area contributed by atoms with Gasteiger partial charge in [0, 0.05) is 12.5 Å². The number of rotatable bonds is 4. The van der Waals surface area contributed by atoms with E-state index in [4.69, 9.17) is 4.74 Å². The maximum atomic E-state index is 13.6. The number of aromatic nitrogens is 2. The molecule has 0 bridgehead atoms. The summed E-state index contributed by atoms with van der Waals surface area (Å²) in [6.07, 6.45) is 2.24. The van der Waals surface area contributed by atoms with Crippen LogP contribution in [-0.4, -0.2) is 9.97 Å². The molecule has 2 rings (SSSR count). The van der Waals surface area contributed by atoms with Gasteiger partial charge in [0.05, 0.1) is 11.9 Å². The first-order valence-electron chi connectivity index (χ1n) is 6.50. The van der Waals surface area contributed by atoms with Gasteiger partial charge in [-0.05, 0) is 18.1 Å². The second kappa shape index (κ2) is 5.94. The van der Waals surface area contributed by atoms with E-state index in [0.29, 0.717) is 23.7 Å². The highest BCUT2D eigenvalue weighted by molar-refractivity contribution is 5.35. The number of hydrogen-bond acceptors (Lipinski definition) is 3. The van der Waals surface area contributed by atoms with E-state index >= 15 is 0 Å². The van der Waals surface area contributed by atoms with Gasteiger partial charge in [0.15, 0.2) is 17.3 Å². The molecule has 0 unspecified atom stereocenters. The highest BCUT2D eigenvalue weighted by Gasteiger charge is 2.14. The summed E-state index contributed by atoms with van der Waals surface area (Å²) in [6, 6.07) is 3.18. The van der Waals surface area contributed by atoms with E-state index in [9.17, 15) is 8.78 Å². The number of benzene rings is 1. The van der Waals surface area contributed by atoms with E-state index in [-0.39, 0.29) is 11.7 Å². The minimum atomic E-state index is -0.751. The van der Waals surface area contributed by atoms with Crippen molar-refractivity contribution >= 4 is 0 Å². The lowest BCUT2D eigenvalue weighted by atomic mass is 10.1. The lowest BCUT2D eigenvalue weighted by Crippen LogP contribution is -2.03. The topological polar surface area (TPSA) is 35.0 Å². The van der Waals surface area contributed by atoms with E-state index in [2.05, 4.69) is 9.97 Å². The molecule has 1 heterocycles. The molecule has 1 aromatic carbocycles. The van der Waals surface area contributed by atoms with Crippen molar-refractivity contribution < 1.29 is 13.5 Å². The van der Waals surface area contributed by atoms with Crippen LogP contribution in [0.4, 0.5) is 8.78 Å². The van der Waals surface area contributed by atoms with Gasteiger partial charge in [0.1, 0.15) is 11.6 Å². The molecule has 0 fully saturated rings.